The predicted octanol–water partition coefficient (Wildman–Crippen LogP) is 3.68. The highest BCUT2D eigenvalue weighted by Crippen LogP contribution is 2.13. The topological polar surface area (TPSA) is 35.6 Å². The monoisotopic (exact) mass is 357 g/mol. The Morgan fingerprint density at radius 1 is 0.960 bits per heavy atom. The summed E-state index contributed by atoms with van der Waals surface area (Å²) in [5.41, 5.74) is 3.61. The van der Waals surface area contributed by atoms with Gasteiger partial charge in [0.1, 0.15) is 0 Å². The molecule has 3 rings (SSSR count). The molecule has 2 aromatic rings. The summed E-state index contributed by atoms with van der Waals surface area (Å²) in [6.07, 6.45) is 0. The number of amides is 2. The molecule has 0 unspecified atom stereocenters. The van der Waals surface area contributed by atoms with Crippen molar-refractivity contribution in [2.45, 2.75) is 20.0 Å². The van der Waals surface area contributed by atoms with Crippen molar-refractivity contribution in [1.29, 1.82) is 0 Å². The van der Waals surface area contributed by atoms with E-state index in [1.165, 1.54) is 11.1 Å². The Morgan fingerprint density at radius 3 is 2.20 bits per heavy atom. The maximum absolute atomic E-state index is 12.3. The first-order valence-electron chi connectivity index (χ1n) is 8.65. The van der Waals surface area contributed by atoms with Gasteiger partial charge in [0.2, 0.25) is 0 Å². The highest BCUT2D eigenvalue weighted by molar-refractivity contribution is 6.30. The molecule has 0 bridgehead atoms. The summed E-state index contributed by atoms with van der Waals surface area (Å²) in [4.78, 5) is 16.6. The molecule has 2 aromatic carbocycles. The highest BCUT2D eigenvalue weighted by atomic mass is 35.5. The highest BCUT2D eigenvalue weighted by Gasteiger charge is 2.20. The molecule has 0 radical (unpaired) electrons. The summed E-state index contributed by atoms with van der Waals surface area (Å²) in [6, 6.07) is 16.2. The van der Waals surface area contributed by atoms with Gasteiger partial charge in [0.05, 0.1) is 0 Å². The molecule has 0 aliphatic carbocycles. The predicted molar refractivity (Wildman–Crippen MR) is 102 cm³/mol. The number of piperazine rings is 1. The van der Waals surface area contributed by atoms with Crippen molar-refractivity contribution < 1.29 is 4.79 Å². The average Bonchev–Trinajstić information content (AvgIpc) is 2.63. The molecule has 1 fully saturated rings. The van der Waals surface area contributed by atoms with E-state index in [1.54, 1.807) is 0 Å². The molecule has 0 spiro atoms. The van der Waals surface area contributed by atoms with Crippen molar-refractivity contribution in [3.8, 4) is 0 Å². The van der Waals surface area contributed by atoms with E-state index >= 15 is 0 Å². The molecule has 1 saturated heterocycles. The molecule has 2 amide bonds. The van der Waals surface area contributed by atoms with Gasteiger partial charge in [0, 0.05) is 44.3 Å². The van der Waals surface area contributed by atoms with Crippen molar-refractivity contribution in [3.05, 3.63) is 70.2 Å². The smallest absolute Gasteiger partial charge is 0.317 e. The first-order valence-corrected chi connectivity index (χ1v) is 9.03. The van der Waals surface area contributed by atoms with Crippen LogP contribution < -0.4 is 5.32 Å². The number of carbonyl (C=O) groups excluding carboxylic acids is 1. The summed E-state index contributed by atoms with van der Waals surface area (Å²) in [7, 11) is 0. The number of nitrogens with zero attached hydrogens (tertiary/aromatic N) is 2. The second-order valence-electron chi connectivity index (χ2n) is 6.53. The Kier molecular flexibility index (Phi) is 5.95. The lowest BCUT2D eigenvalue weighted by Gasteiger charge is -2.34. The van der Waals surface area contributed by atoms with Crippen molar-refractivity contribution in [2.75, 3.05) is 26.2 Å². The number of carbonyl (C=O) groups is 1. The van der Waals surface area contributed by atoms with Gasteiger partial charge in [-0.25, -0.2) is 4.79 Å². The van der Waals surface area contributed by atoms with Crippen LogP contribution in [-0.2, 0) is 13.1 Å². The van der Waals surface area contributed by atoms with Crippen LogP contribution in [0.15, 0.2) is 48.5 Å². The van der Waals surface area contributed by atoms with Crippen LogP contribution >= 0.6 is 11.6 Å². The first-order chi connectivity index (χ1) is 12.1. The van der Waals surface area contributed by atoms with Crippen molar-refractivity contribution in [2.24, 2.45) is 0 Å². The number of benzene rings is 2. The van der Waals surface area contributed by atoms with Gasteiger partial charge < -0.3 is 10.2 Å². The number of urea groups is 1. The average molecular weight is 358 g/mol. The zero-order valence-electron chi connectivity index (χ0n) is 14.5. The Bertz CT molecular complexity index is 692. The number of aryl methyl sites for hydroxylation is 1. The van der Waals surface area contributed by atoms with Gasteiger partial charge >= 0.3 is 6.03 Å². The van der Waals surface area contributed by atoms with E-state index in [9.17, 15) is 4.79 Å². The molecule has 0 aromatic heterocycles. The van der Waals surface area contributed by atoms with E-state index in [0.29, 0.717) is 6.54 Å². The maximum atomic E-state index is 12.3. The normalized spacial score (nSPS) is 15.2. The molecular formula is C20H24ClN3O. The van der Waals surface area contributed by atoms with Crippen LogP contribution in [0.1, 0.15) is 16.7 Å². The molecule has 1 aliphatic heterocycles. The van der Waals surface area contributed by atoms with Crippen LogP contribution in [0.5, 0.6) is 0 Å². The van der Waals surface area contributed by atoms with Gasteiger partial charge in [-0.2, -0.15) is 0 Å². The summed E-state index contributed by atoms with van der Waals surface area (Å²) in [5, 5.41) is 3.78. The minimum Gasteiger partial charge on any atom is -0.334 e. The lowest BCUT2D eigenvalue weighted by atomic mass is 10.1. The largest absolute Gasteiger partial charge is 0.334 e. The molecule has 4 nitrogen and oxygen atoms in total. The molecule has 25 heavy (non-hydrogen) atoms. The summed E-state index contributed by atoms with van der Waals surface area (Å²) in [5.74, 6) is 0. The van der Waals surface area contributed by atoms with E-state index in [1.807, 2.05) is 17.0 Å². The second-order valence-corrected chi connectivity index (χ2v) is 6.97. The molecule has 1 heterocycles. The fourth-order valence-corrected chi connectivity index (χ4v) is 3.08. The van der Waals surface area contributed by atoms with E-state index in [4.69, 9.17) is 11.6 Å². The Morgan fingerprint density at radius 2 is 1.56 bits per heavy atom. The Balaban J connectivity index is 1.42. The lowest BCUT2D eigenvalue weighted by molar-refractivity contribution is 0.135. The minimum absolute atomic E-state index is 0.0201. The molecular weight excluding hydrogens is 334 g/mol. The van der Waals surface area contributed by atoms with Gasteiger partial charge in [-0.3, -0.25) is 4.90 Å². The van der Waals surface area contributed by atoms with Crippen LogP contribution in [-0.4, -0.2) is 42.0 Å². The van der Waals surface area contributed by atoms with E-state index < -0.39 is 0 Å². The van der Waals surface area contributed by atoms with Gasteiger partial charge in [-0.05, 0) is 30.2 Å². The molecule has 1 aliphatic rings. The van der Waals surface area contributed by atoms with Gasteiger partial charge in [0.25, 0.3) is 0 Å². The van der Waals surface area contributed by atoms with Gasteiger partial charge in [-0.15, -0.1) is 0 Å². The van der Waals surface area contributed by atoms with Crippen LogP contribution in [0.4, 0.5) is 4.79 Å². The third kappa shape index (κ3) is 5.21. The number of hydrogen-bond acceptors (Lipinski definition) is 2. The van der Waals surface area contributed by atoms with Crippen molar-refractivity contribution in [1.82, 2.24) is 15.1 Å². The first kappa shape index (κ1) is 17.8. The number of halogens is 1. The fourth-order valence-electron chi connectivity index (χ4n) is 2.95. The van der Waals surface area contributed by atoms with Crippen LogP contribution in [0.3, 0.4) is 0 Å². The Labute approximate surface area is 154 Å². The molecule has 1 N–H and O–H groups in total. The summed E-state index contributed by atoms with van der Waals surface area (Å²) in [6.45, 7) is 6.83. The van der Waals surface area contributed by atoms with E-state index in [0.717, 1.165) is 43.3 Å². The zero-order chi connectivity index (χ0) is 17.6. The number of hydrogen-bond donors (Lipinski definition) is 1. The third-order valence-corrected chi connectivity index (χ3v) is 4.80. The number of rotatable bonds is 4. The van der Waals surface area contributed by atoms with E-state index in [2.05, 4.69) is 53.5 Å². The minimum atomic E-state index is 0.0201. The number of nitrogens with one attached hydrogen (secondary N) is 1. The van der Waals surface area contributed by atoms with Gasteiger partial charge in [0.15, 0.2) is 0 Å². The van der Waals surface area contributed by atoms with Crippen LogP contribution in [0.2, 0.25) is 5.02 Å². The Hall–Kier alpha value is -2.04. The second kappa shape index (κ2) is 8.37. The molecule has 132 valence electrons. The van der Waals surface area contributed by atoms with E-state index in [-0.39, 0.29) is 6.03 Å². The molecule has 5 heteroatoms. The lowest BCUT2D eigenvalue weighted by Crippen LogP contribution is -2.51. The van der Waals surface area contributed by atoms with Gasteiger partial charge in [-0.1, -0.05) is 53.6 Å². The fraction of sp³-hybridized carbons (Fsp3) is 0.350. The SMILES string of the molecule is Cc1ccc(CNC(=O)N2CCN(Cc3ccc(Cl)cc3)CC2)cc1. The van der Waals surface area contributed by atoms with Crippen LogP contribution in [0.25, 0.3) is 0 Å². The molecule has 0 atom stereocenters. The standard InChI is InChI=1S/C20H24ClN3O/c1-16-2-4-17(5-3-16)14-22-20(25)24-12-10-23(11-13-24)15-18-6-8-19(21)9-7-18/h2-9H,10-15H2,1H3,(H,22,25). The van der Waals surface area contributed by atoms with Crippen molar-refractivity contribution in [3.63, 3.8) is 0 Å². The molecule has 0 saturated carbocycles. The van der Waals surface area contributed by atoms with Crippen LogP contribution in [0, 0.1) is 6.92 Å². The maximum Gasteiger partial charge on any atom is 0.317 e. The summed E-state index contributed by atoms with van der Waals surface area (Å²) >= 11 is 5.93. The third-order valence-electron chi connectivity index (χ3n) is 4.54. The quantitative estimate of drug-likeness (QED) is 0.906. The van der Waals surface area contributed by atoms with Crippen molar-refractivity contribution >= 4 is 17.6 Å². The summed E-state index contributed by atoms with van der Waals surface area (Å²) < 4.78 is 0. The zero-order valence-corrected chi connectivity index (χ0v) is 15.3.